The van der Waals surface area contributed by atoms with Crippen LogP contribution in [0.1, 0.15) is 32.6 Å². The van der Waals surface area contributed by atoms with Gasteiger partial charge in [-0.1, -0.05) is 0 Å². The van der Waals surface area contributed by atoms with Gasteiger partial charge in [0.2, 0.25) is 5.91 Å². The van der Waals surface area contributed by atoms with Crippen molar-refractivity contribution in [3.05, 3.63) is 0 Å². The van der Waals surface area contributed by atoms with E-state index in [4.69, 9.17) is 4.74 Å². The van der Waals surface area contributed by atoms with Gasteiger partial charge >= 0.3 is 5.97 Å². The first-order valence-electron chi connectivity index (χ1n) is 5.37. The van der Waals surface area contributed by atoms with E-state index in [2.05, 4.69) is 0 Å². The third-order valence-electron chi connectivity index (χ3n) is 3.28. The first kappa shape index (κ1) is 12.0. The number of hydrogen-bond donors (Lipinski definition) is 0. The summed E-state index contributed by atoms with van der Waals surface area (Å²) in [5.41, 5.74) is 0. The van der Waals surface area contributed by atoms with Gasteiger partial charge in [0.05, 0.1) is 13.0 Å². The van der Waals surface area contributed by atoms with Gasteiger partial charge in [0.1, 0.15) is 0 Å². The van der Waals surface area contributed by atoms with E-state index >= 15 is 0 Å². The lowest BCUT2D eigenvalue weighted by molar-refractivity contribution is -0.147. The number of rotatable bonds is 2. The number of methoxy groups -OCH3 is 1. The van der Waals surface area contributed by atoms with E-state index < -0.39 is 0 Å². The summed E-state index contributed by atoms with van der Waals surface area (Å²) >= 11 is 0. The zero-order chi connectivity index (χ0) is 11.4. The van der Waals surface area contributed by atoms with Crippen LogP contribution in [0, 0.1) is 5.92 Å². The van der Waals surface area contributed by atoms with Crippen LogP contribution in [-0.2, 0) is 14.3 Å². The highest BCUT2D eigenvalue weighted by Crippen LogP contribution is 2.27. The molecule has 15 heavy (non-hydrogen) atoms. The van der Waals surface area contributed by atoms with Gasteiger partial charge in [-0.2, -0.15) is 0 Å². The second-order valence-electron chi connectivity index (χ2n) is 4.16. The van der Waals surface area contributed by atoms with Crippen molar-refractivity contribution in [2.75, 3.05) is 14.2 Å². The molecule has 0 aliphatic heterocycles. The van der Waals surface area contributed by atoms with Crippen molar-refractivity contribution in [2.45, 2.75) is 38.6 Å². The average molecular weight is 213 g/mol. The molecule has 0 heterocycles. The molecule has 0 unspecified atom stereocenters. The van der Waals surface area contributed by atoms with Crippen molar-refractivity contribution in [1.29, 1.82) is 0 Å². The van der Waals surface area contributed by atoms with Gasteiger partial charge in [-0.3, -0.25) is 9.59 Å². The lowest BCUT2D eigenvalue weighted by atomic mass is 9.85. The van der Waals surface area contributed by atoms with Crippen molar-refractivity contribution < 1.29 is 14.3 Å². The predicted octanol–water partition coefficient (Wildman–Crippen LogP) is 1.20. The molecule has 1 aliphatic carbocycles. The molecular formula is C11H19NO3. The number of esters is 1. The Hall–Kier alpha value is -1.06. The summed E-state index contributed by atoms with van der Waals surface area (Å²) < 4.78 is 4.71. The first-order valence-corrected chi connectivity index (χ1v) is 5.37. The Balaban J connectivity index is 2.42. The lowest BCUT2D eigenvalue weighted by Crippen LogP contribution is -2.39. The second-order valence-corrected chi connectivity index (χ2v) is 4.16. The number of carbonyl (C=O) groups excluding carboxylic acids is 2. The molecule has 1 aliphatic rings. The van der Waals surface area contributed by atoms with E-state index in [0.717, 1.165) is 25.7 Å². The molecule has 0 N–H and O–H groups in total. The maximum Gasteiger partial charge on any atom is 0.308 e. The van der Waals surface area contributed by atoms with Crippen LogP contribution < -0.4 is 0 Å². The molecule has 0 aromatic heterocycles. The summed E-state index contributed by atoms with van der Waals surface area (Å²) in [5, 5.41) is 0. The minimum Gasteiger partial charge on any atom is -0.469 e. The Bertz CT molecular complexity index is 244. The summed E-state index contributed by atoms with van der Waals surface area (Å²) in [4.78, 5) is 24.2. The highest BCUT2D eigenvalue weighted by atomic mass is 16.5. The molecule has 0 radical (unpaired) electrons. The SMILES string of the molecule is COC(=O)[C@H]1CC[C@H](N(C)C(C)=O)CC1. The van der Waals surface area contributed by atoms with E-state index in [0.29, 0.717) is 6.04 Å². The van der Waals surface area contributed by atoms with Crippen LogP contribution >= 0.6 is 0 Å². The summed E-state index contributed by atoms with van der Waals surface area (Å²) in [6, 6.07) is 0.295. The van der Waals surface area contributed by atoms with Crippen molar-refractivity contribution >= 4 is 11.9 Å². The van der Waals surface area contributed by atoms with Crippen LogP contribution in [-0.4, -0.2) is 37.0 Å². The van der Waals surface area contributed by atoms with E-state index in [-0.39, 0.29) is 17.8 Å². The van der Waals surface area contributed by atoms with Gasteiger partial charge in [-0.25, -0.2) is 0 Å². The molecule has 1 amide bonds. The fraction of sp³-hybridized carbons (Fsp3) is 0.818. The fourth-order valence-electron chi connectivity index (χ4n) is 2.12. The minimum atomic E-state index is -0.112. The molecule has 4 nitrogen and oxygen atoms in total. The maximum atomic E-state index is 11.3. The Morgan fingerprint density at radius 1 is 1.20 bits per heavy atom. The van der Waals surface area contributed by atoms with E-state index in [9.17, 15) is 9.59 Å². The Kier molecular flexibility index (Phi) is 4.12. The Morgan fingerprint density at radius 2 is 1.73 bits per heavy atom. The van der Waals surface area contributed by atoms with Crippen LogP contribution in [0.4, 0.5) is 0 Å². The van der Waals surface area contributed by atoms with Crippen molar-refractivity contribution in [1.82, 2.24) is 4.90 Å². The molecule has 86 valence electrons. The summed E-state index contributed by atoms with van der Waals surface area (Å²) in [5.74, 6) is 0.0158. The van der Waals surface area contributed by atoms with Gasteiger partial charge in [0.15, 0.2) is 0 Å². The standard InChI is InChI=1S/C11H19NO3/c1-8(13)12(2)10-6-4-9(5-7-10)11(14)15-3/h9-10H,4-7H2,1-3H3/t9-,10-. The molecule has 1 rings (SSSR count). The van der Waals surface area contributed by atoms with Crippen LogP contribution in [0.25, 0.3) is 0 Å². The number of hydrogen-bond acceptors (Lipinski definition) is 3. The number of amides is 1. The van der Waals surface area contributed by atoms with Crippen LogP contribution in [0.15, 0.2) is 0 Å². The highest BCUT2D eigenvalue weighted by Gasteiger charge is 2.29. The van der Waals surface area contributed by atoms with Gasteiger partial charge in [-0.05, 0) is 25.7 Å². The number of ether oxygens (including phenoxy) is 1. The molecule has 0 aromatic carbocycles. The topological polar surface area (TPSA) is 46.6 Å². The molecule has 0 aromatic rings. The molecule has 1 saturated carbocycles. The third kappa shape index (κ3) is 2.94. The van der Waals surface area contributed by atoms with Crippen LogP contribution in [0.2, 0.25) is 0 Å². The summed E-state index contributed by atoms with van der Waals surface area (Å²) in [7, 11) is 3.25. The zero-order valence-corrected chi connectivity index (χ0v) is 9.66. The van der Waals surface area contributed by atoms with E-state index in [1.165, 1.54) is 7.11 Å². The summed E-state index contributed by atoms with van der Waals surface area (Å²) in [6.45, 7) is 1.58. The average Bonchev–Trinajstić information content (AvgIpc) is 2.27. The maximum absolute atomic E-state index is 11.3. The highest BCUT2D eigenvalue weighted by molar-refractivity contribution is 5.74. The fourth-order valence-corrected chi connectivity index (χ4v) is 2.12. The quantitative estimate of drug-likeness (QED) is 0.647. The Labute approximate surface area is 90.6 Å². The largest absolute Gasteiger partial charge is 0.469 e. The molecule has 0 atom stereocenters. The molecular weight excluding hydrogens is 194 g/mol. The van der Waals surface area contributed by atoms with E-state index in [1.807, 2.05) is 7.05 Å². The van der Waals surface area contributed by atoms with Gasteiger partial charge in [0, 0.05) is 20.0 Å². The van der Waals surface area contributed by atoms with Crippen LogP contribution in [0.5, 0.6) is 0 Å². The molecule has 1 fully saturated rings. The smallest absolute Gasteiger partial charge is 0.308 e. The zero-order valence-electron chi connectivity index (χ0n) is 9.66. The molecule has 0 spiro atoms. The van der Waals surface area contributed by atoms with Crippen molar-refractivity contribution in [3.8, 4) is 0 Å². The molecule has 0 saturated heterocycles. The number of nitrogens with zero attached hydrogens (tertiary/aromatic N) is 1. The van der Waals surface area contributed by atoms with E-state index in [1.54, 1.807) is 11.8 Å². The second kappa shape index (κ2) is 5.14. The third-order valence-corrected chi connectivity index (χ3v) is 3.28. The lowest BCUT2D eigenvalue weighted by Gasteiger charge is -2.33. The normalized spacial score (nSPS) is 25.8. The summed E-state index contributed by atoms with van der Waals surface area (Å²) in [6.07, 6.45) is 3.45. The van der Waals surface area contributed by atoms with Gasteiger partial charge in [-0.15, -0.1) is 0 Å². The molecule has 0 bridgehead atoms. The van der Waals surface area contributed by atoms with Crippen molar-refractivity contribution in [3.63, 3.8) is 0 Å². The van der Waals surface area contributed by atoms with Gasteiger partial charge in [0.25, 0.3) is 0 Å². The molecule has 4 heteroatoms. The Morgan fingerprint density at radius 3 is 2.13 bits per heavy atom. The van der Waals surface area contributed by atoms with Crippen LogP contribution in [0.3, 0.4) is 0 Å². The minimum absolute atomic E-state index is 0.0339. The monoisotopic (exact) mass is 213 g/mol. The first-order chi connectivity index (χ1) is 7.06. The van der Waals surface area contributed by atoms with Gasteiger partial charge < -0.3 is 9.64 Å². The van der Waals surface area contributed by atoms with Crippen molar-refractivity contribution in [2.24, 2.45) is 5.92 Å². The number of carbonyl (C=O) groups is 2. The predicted molar refractivity (Wildman–Crippen MR) is 56.2 cm³/mol.